The van der Waals surface area contributed by atoms with Gasteiger partial charge in [-0.05, 0) is 55.4 Å². The Morgan fingerprint density at radius 2 is 1.77 bits per heavy atom. The maximum absolute atomic E-state index is 12.8. The van der Waals surface area contributed by atoms with E-state index >= 15 is 0 Å². The summed E-state index contributed by atoms with van der Waals surface area (Å²) in [5, 5.41) is 8.81. The van der Waals surface area contributed by atoms with Crippen molar-refractivity contribution in [3.8, 4) is 5.75 Å². The Balaban J connectivity index is 1.67. The first-order valence-electron chi connectivity index (χ1n) is 9.83. The van der Waals surface area contributed by atoms with Gasteiger partial charge in [0.1, 0.15) is 5.75 Å². The number of methoxy groups -OCH3 is 1. The SMILES string of the molecule is COc1ccc(Br)cc1C(=O)NC(=S)Nc1ccccc1C(=O)NC1CCCCC1. The number of ether oxygens (including phenoxy) is 1. The topological polar surface area (TPSA) is 79.5 Å². The summed E-state index contributed by atoms with van der Waals surface area (Å²) < 4.78 is 5.99. The maximum atomic E-state index is 12.8. The molecule has 0 atom stereocenters. The Bertz CT molecular complexity index is 945. The number of nitrogens with one attached hydrogen (secondary N) is 3. The number of anilines is 1. The number of hydrogen-bond donors (Lipinski definition) is 3. The van der Waals surface area contributed by atoms with Gasteiger partial charge in [0.05, 0.1) is 23.9 Å². The molecule has 0 aliphatic heterocycles. The predicted molar refractivity (Wildman–Crippen MR) is 125 cm³/mol. The van der Waals surface area contributed by atoms with Crippen molar-refractivity contribution in [2.45, 2.75) is 38.1 Å². The molecule has 1 aliphatic carbocycles. The smallest absolute Gasteiger partial charge is 0.261 e. The molecule has 0 heterocycles. The number of halogens is 1. The molecule has 1 saturated carbocycles. The zero-order valence-corrected chi connectivity index (χ0v) is 19.1. The third kappa shape index (κ3) is 5.79. The molecule has 2 amide bonds. The van der Waals surface area contributed by atoms with E-state index in [0.29, 0.717) is 22.6 Å². The van der Waals surface area contributed by atoms with E-state index in [1.807, 2.05) is 6.07 Å². The zero-order chi connectivity index (χ0) is 21.5. The molecule has 30 heavy (non-hydrogen) atoms. The summed E-state index contributed by atoms with van der Waals surface area (Å²) in [6.45, 7) is 0. The van der Waals surface area contributed by atoms with Gasteiger partial charge >= 0.3 is 0 Å². The van der Waals surface area contributed by atoms with Gasteiger partial charge in [0.15, 0.2) is 5.11 Å². The van der Waals surface area contributed by atoms with Gasteiger partial charge in [-0.15, -0.1) is 0 Å². The van der Waals surface area contributed by atoms with Crippen LogP contribution in [0.15, 0.2) is 46.9 Å². The van der Waals surface area contributed by atoms with Crippen LogP contribution in [0.2, 0.25) is 0 Å². The van der Waals surface area contributed by atoms with Crippen molar-refractivity contribution in [3.05, 3.63) is 58.1 Å². The first kappa shape index (κ1) is 22.2. The molecule has 0 bridgehead atoms. The molecule has 2 aromatic rings. The Kier molecular flexibility index (Phi) is 7.81. The molecule has 1 aliphatic rings. The van der Waals surface area contributed by atoms with Gasteiger partial charge < -0.3 is 15.4 Å². The summed E-state index contributed by atoms with van der Waals surface area (Å²) in [5.41, 5.74) is 1.37. The van der Waals surface area contributed by atoms with Crippen LogP contribution in [-0.2, 0) is 0 Å². The summed E-state index contributed by atoms with van der Waals surface area (Å²) in [5.74, 6) is -0.117. The number of hydrogen-bond acceptors (Lipinski definition) is 4. The number of benzene rings is 2. The van der Waals surface area contributed by atoms with Gasteiger partial charge in [0.25, 0.3) is 11.8 Å². The predicted octanol–water partition coefficient (Wildman–Crippen LogP) is 4.65. The normalized spacial score (nSPS) is 13.9. The molecule has 0 radical (unpaired) electrons. The van der Waals surface area contributed by atoms with Gasteiger partial charge in [-0.25, -0.2) is 0 Å². The third-order valence-electron chi connectivity index (χ3n) is 4.99. The first-order chi connectivity index (χ1) is 14.5. The molecule has 6 nitrogen and oxygen atoms in total. The van der Waals surface area contributed by atoms with Crippen molar-refractivity contribution in [1.82, 2.24) is 10.6 Å². The van der Waals surface area contributed by atoms with Crippen LogP contribution in [-0.4, -0.2) is 30.1 Å². The van der Waals surface area contributed by atoms with Crippen molar-refractivity contribution in [1.29, 1.82) is 0 Å². The quantitative estimate of drug-likeness (QED) is 0.532. The second-order valence-corrected chi connectivity index (χ2v) is 8.43. The standard InChI is InChI=1S/C22H24BrN3O3S/c1-29-19-12-11-14(23)13-17(19)21(28)26-22(30)25-18-10-6-5-9-16(18)20(27)24-15-7-3-2-4-8-15/h5-6,9-13,15H,2-4,7-8H2,1H3,(H,24,27)(H2,25,26,28,30). The molecule has 158 valence electrons. The van der Waals surface area contributed by atoms with E-state index in [4.69, 9.17) is 17.0 Å². The third-order valence-corrected chi connectivity index (χ3v) is 5.69. The Morgan fingerprint density at radius 1 is 1.03 bits per heavy atom. The van der Waals surface area contributed by atoms with Crippen molar-refractivity contribution in [2.24, 2.45) is 0 Å². The molecule has 0 aromatic heterocycles. The second kappa shape index (κ2) is 10.5. The minimum absolute atomic E-state index is 0.0972. The van der Waals surface area contributed by atoms with Crippen LogP contribution in [0, 0.1) is 0 Å². The molecule has 2 aromatic carbocycles. The lowest BCUT2D eigenvalue weighted by atomic mass is 9.95. The molecule has 0 unspecified atom stereocenters. The Hall–Kier alpha value is -2.45. The molecule has 3 N–H and O–H groups in total. The van der Waals surface area contributed by atoms with Gasteiger partial charge in [0, 0.05) is 10.5 Å². The van der Waals surface area contributed by atoms with E-state index in [1.54, 1.807) is 36.4 Å². The fourth-order valence-corrected chi connectivity index (χ4v) is 4.05. The van der Waals surface area contributed by atoms with E-state index in [9.17, 15) is 9.59 Å². The largest absolute Gasteiger partial charge is 0.496 e. The monoisotopic (exact) mass is 489 g/mol. The van der Waals surface area contributed by atoms with Crippen LogP contribution in [0.5, 0.6) is 5.75 Å². The average molecular weight is 490 g/mol. The fourth-order valence-electron chi connectivity index (χ4n) is 3.48. The highest BCUT2D eigenvalue weighted by Crippen LogP contribution is 2.23. The summed E-state index contributed by atoms with van der Waals surface area (Å²) in [6, 6.07) is 12.4. The fraction of sp³-hybridized carbons (Fsp3) is 0.318. The number of carbonyl (C=O) groups excluding carboxylic acids is 2. The van der Waals surface area contributed by atoms with E-state index in [2.05, 4.69) is 31.9 Å². The van der Waals surface area contributed by atoms with Crippen LogP contribution in [0.25, 0.3) is 0 Å². The number of para-hydroxylation sites is 1. The zero-order valence-electron chi connectivity index (χ0n) is 16.7. The minimum atomic E-state index is -0.408. The van der Waals surface area contributed by atoms with Crippen molar-refractivity contribution >= 4 is 50.8 Å². The van der Waals surface area contributed by atoms with E-state index in [1.165, 1.54) is 13.5 Å². The van der Waals surface area contributed by atoms with E-state index in [0.717, 1.165) is 30.2 Å². The summed E-state index contributed by atoms with van der Waals surface area (Å²) in [6.07, 6.45) is 5.51. The van der Waals surface area contributed by atoms with E-state index in [-0.39, 0.29) is 17.1 Å². The highest BCUT2D eigenvalue weighted by Gasteiger charge is 2.19. The van der Waals surface area contributed by atoms with Gasteiger partial charge in [-0.2, -0.15) is 0 Å². The van der Waals surface area contributed by atoms with Gasteiger partial charge in [-0.3, -0.25) is 14.9 Å². The molecule has 0 saturated heterocycles. The number of rotatable bonds is 5. The van der Waals surface area contributed by atoms with Crippen LogP contribution < -0.4 is 20.7 Å². The maximum Gasteiger partial charge on any atom is 0.261 e. The van der Waals surface area contributed by atoms with Crippen molar-refractivity contribution < 1.29 is 14.3 Å². The van der Waals surface area contributed by atoms with Crippen molar-refractivity contribution in [3.63, 3.8) is 0 Å². The lowest BCUT2D eigenvalue weighted by Gasteiger charge is -2.23. The van der Waals surface area contributed by atoms with Crippen LogP contribution in [0.4, 0.5) is 5.69 Å². The highest BCUT2D eigenvalue weighted by atomic mass is 79.9. The van der Waals surface area contributed by atoms with Gasteiger partial charge in [0.2, 0.25) is 0 Å². The lowest BCUT2D eigenvalue weighted by molar-refractivity contribution is 0.0927. The average Bonchev–Trinajstić information content (AvgIpc) is 2.74. The van der Waals surface area contributed by atoms with Crippen LogP contribution >= 0.6 is 28.1 Å². The number of thiocarbonyl (C=S) groups is 1. The number of carbonyl (C=O) groups is 2. The summed E-state index contributed by atoms with van der Waals surface area (Å²) >= 11 is 8.66. The lowest BCUT2D eigenvalue weighted by Crippen LogP contribution is -2.37. The van der Waals surface area contributed by atoms with Gasteiger partial charge in [-0.1, -0.05) is 47.3 Å². The molecular weight excluding hydrogens is 466 g/mol. The van der Waals surface area contributed by atoms with Crippen LogP contribution in [0.1, 0.15) is 52.8 Å². The molecular formula is C22H24BrN3O3S. The number of amides is 2. The Morgan fingerprint density at radius 3 is 2.50 bits per heavy atom. The minimum Gasteiger partial charge on any atom is -0.496 e. The molecule has 8 heteroatoms. The molecule has 3 rings (SSSR count). The highest BCUT2D eigenvalue weighted by molar-refractivity contribution is 9.10. The Labute approximate surface area is 189 Å². The summed E-state index contributed by atoms with van der Waals surface area (Å²) in [7, 11) is 1.50. The first-order valence-corrected chi connectivity index (χ1v) is 11.0. The van der Waals surface area contributed by atoms with E-state index < -0.39 is 5.91 Å². The van der Waals surface area contributed by atoms with Crippen molar-refractivity contribution in [2.75, 3.05) is 12.4 Å². The summed E-state index contributed by atoms with van der Waals surface area (Å²) in [4.78, 5) is 25.4. The molecule has 1 fully saturated rings. The van der Waals surface area contributed by atoms with Crippen LogP contribution in [0.3, 0.4) is 0 Å². The second-order valence-electron chi connectivity index (χ2n) is 7.11. The molecule has 0 spiro atoms.